The van der Waals surface area contributed by atoms with Gasteiger partial charge in [0.2, 0.25) is 0 Å². The first kappa shape index (κ1) is 15.1. The number of rotatable bonds is 6. The van der Waals surface area contributed by atoms with Crippen LogP contribution in [0.4, 0.5) is 4.39 Å². The molecule has 1 rings (SSSR count). The maximum Gasteiger partial charge on any atom is 0.123 e. The normalized spacial score (nSPS) is 13.9. The van der Waals surface area contributed by atoms with E-state index in [0.29, 0.717) is 0 Å². The van der Waals surface area contributed by atoms with Crippen molar-refractivity contribution in [2.75, 3.05) is 13.1 Å². The molecule has 3 nitrogen and oxygen atoms in total. The van der Waals surface area contributed by atoms with Crippen LogP contribution in [0, 0.1) is 5.82 Å². The Bertz CT molecular complexity index is 375. The summed E-state index contributed by atoms with van der Waals surface area (Å²) in [5.74, 6) is 5.46. The molecule has 0 radical (unpaired) electrons. The summed E-state index contributed by atoms with van der Waals surface area (Å²) < 4.78 is 13.3. The van der Waals surface area contributed by atoms with Crippen LogP contribution in [-0.4, -0.2) is 23.5 Å². The quantitative estimate of drug-likeness (QED) is 0.604. The van der Waals surface area contributed by atoms with Crippen molar-refractivity contribution in [1.29, 1.82) is 0 Å². The molecule has 102 valence electrons. The standard InChI is InChI=1S/C14H24FN3/c1-5-18(6-2)14(3,4)13(17-16)11-8-7-9-12(15)10-11/h7-10,13,17H,5-6,16H2,1-4H3. The Balaban J connectivity index is 3.08. The smallest absolute Gasteiger partial charge is 0.123 e. The van der Waals surface area contributed by atoms with Gasteiger partial charge in [-0.15, -0.1) is 0 Å². The van der Waals surface area contributed by atoms with E-state index >= 15 is 0 Å². The molecule has 4 heteroatoms. The second kappa shape index (κ2) is 6.27. The molecule has 0 aliphatic rings. The maximum atomic E-state index is 13.3. The summed E-state index contributed by atoms with van der Waals surface area (Å²) >= 11 is 0. The predicted molar refractivity (Wildman–Crippen MR) is 73.5 cm³/mol. The van der Waals surface area contributed by atoms with E-state index in [1.165, 1.54) is 12.1 Å². The van der Waals surface area contributed by atoms with E-state index in [2.05, 4.69) is 38.0 Å². The third-order valence-electron chi connectivity index (χ3n) is 3.63. The first-order chi connectivity index (χ1) is 8.47. The third kappa shape index (κ3) is 3.07. The Kier molecular flexibility index (Phi) is 5.26. The Morgan fingerprint density at radius 3 is 2.39 bits per heavy atom. The van der Waals surface area contributed by atoms with Crippen molar-refractivity contribution >= 4 is 0 Å². The highest BCUT2D eigenvalue weighted by Crippen LogP contribution is 2.30. The molecule has 0 heterocycles. The van der Waals surface area contributed by atoms with Gasteiger partial charge in [0, 0.05) is 5.54 Å². The largest absolute Gasteiger partial charge is 0.297 e. The zero-order chi connectivity index (χ0) is 13.8. The summed E-state index contributed by atoms with van der Waals surface area (Å²) in [6, 6.07) is 6.48. The zero-order valence-electron chi connectivity index (χ0n) is 11.7. The van der Waals surface area contributed by atoms with Crippen LogP contribution in [0.2, 0.25) is 0 Å². The molecule has 0 saturated carbocycles. The first-order valence-corrected chi connectivity index (χ1v) is 6.44. The van der Waals surface area contributed by atoms with E-state index in [1.807, 2.05) is 6.07 Å². The van der Waals surface area contributed by atoms with Crippen molar-refractivity contribution in [3.8, 4) is 0 Å². The average Bonchev–Trinajstić information content (AvgIpc) is 2.30. The minimum absolute atomic E-state index is 0.118. The van der Waals surface area contributed by atoms with Crippen molar-refractivity contribution in [2.45, 2.75) is 39.3 Å². The second-order valence-electron chi connectivity index (χ2n) is 4.98. The number of benzene rings is 1. The molecule has 1 aromatic rings. The van der Waals surface area contributed by atoms with Gasteiger partial charge in [-0.3, -0.25) is 16.2 Å². The first-order valence-electron chi connectivity index (χ1n) is 6.44. The van der Waals surface area contributed by atoms with E-state index in [4.69, 9.17) is 5.84 Å². The van der Waals surface area contributed by atoms with Crippen LogP contribution in [0.1, 0.15) is 39.3 Å². The Morgan fingerprint density at radius 1 is 1.33 bits per heavy atom. The van der Waals surface area contributed by atoms with Crippen LogP contribution >= 0.6 is 0 Å². The van der Waals surface area contributed by atoms with Gasteiger partial charge in [-0.2, -0.15) is 0 Å². The molecule has 0 saturated heterocycles. The lowest BCUT2D eigenvalue weighted by molar-refractivity contribution is 0.0911. The number of hydrazine groups is 1. The summed E-state index contributed by atoms with van der Waals surface area (Å²) in [6.07, 6.45) is 0. The van der Waals surface area contributed by atoms with Crippen LogP contribution in [0.5, 0.6) is 0 Å². The number of likely N-dealkylation sites (N-methyl/N-ethyl adjacent to an activating group) is 1. The number of nitrogens with zero attached hydrogens (tertiary/aromatic N) is 1. The van der Waals surface area contributed by atoms with Gasteiger partial charge in [-0.05, 0) is 44.6 Å². The predicted octanol–water partition coefficient (Wildman–Crippen LogP) is 2.45. The summed E-state index contributed by atoms with van der Waals surface area (Å²) in [7, 11) is 0. The molecule has 1 unspecified atom stereocenters. The molecule has 1 atom stereocenters. The molecule has 3 N–H and O–H groups in total. The topological polar surface area (TPSA) is 41.3 Å². The van der Waals surface area contributed by atoms with Crippen molar-refractivity contribution in [2.24, 2.45) is 5.84 Å². The van der Waals surface area contributed by atoms with Crippen molar-refractivity contribution in [1.82, 2.24) is 10.3 Å². The molecule has 0 aliphatic carbocycles. The van der Waals surface area contributed by atoms with E-state index in [1.54, 1.807) is 6.07 Å². The van der Waals surface area contributed by atoms with Gasteiger partial charge in [0.15, 0.2) is 0 Å². The number of nitrogens with one attached hydrogen (secondary N) is 1. The van der Waals surface area contributed by atoms with Crippen molar-refractivity contribution in [3.05, 3.63) is 35.6 Å². The summed E-state index contributed by atoms with van der Waals surface area (Å²) in [6.45, 7) is 10.3. The lowest BCUT2D eigenvalue weighted by Gasteiger charge is -2.43. The number of halogens is 1. The Morgan fingerprint density at radius 2 is 1.94 bits per heavy atom. The minimum atomic E-state index is -0.233. The Labute approximate surface area is 109 Å². The lowest BCUT2D eigenvalue weighted by atomic mass is 9.87. The summed E-state index contributed by atoms with van der Waals surface area (Å²) in [5.41, 5.74) is 3.51. The minimum Gasteiger partial charge on any atom is -0.297 e. The van der Waals surface area contributed by atoms with Crippen molar-refractivity contribution in [3.63, 3.8) is 0 Å². The van der Waals surface area contributed by atoms with E-state index in [9.17, 15) is 4.39 Å². The van der Waals surface area contributed by atoms with Gasteiger partial charge in [0.05, 0.1) is 6.04 Å². The molecule has 0 fully saturated rings. The highest BCUT2D eigenvalue weighted by molar-refractivity contribution is 5.23. The zero-order valence-corrected chi connectivity index (χ0v) is 11.7. The van der Waals surface area contributed by atoms with Gasteiger partial charge in [-0.1, -0.05) is 26.0 Å². The molecule has 0 aromatic heterocycles. The fourth-order valence-corrected chi connectivity index (χ4v) is 2.62. The van der Waals surface area contributed by atoms with Crippen molar-refractivity contribution < 1.29 is 4.39 Å². The summed E-state index contributed by atoms with van der Waals surface area (Å²) in [5, 5.41) is 0. The molecule has 18 heavy (non-hydrogen) atoms. The van der Waals surface area contributed by atoms with E-state index in [-0.39, 0.29) is 17.4 Å². The van der Waals surface area contributed by atoms with Gasteiger partial charge in [0.25, 0.3) is 0 Å². The Hall–Kier alpha value is -0.970. The van der Waals surface area contributed by atoms with Crippen LogP contribution in [0.15, 0.2) is 24.3 Å². The monoisotopic (exact) mass is 253 g/mol. The highest BCUT2D eigenvalue weighted by atomic mass is 19.1. The maximum absolute atomic E-state index is 13.3. The van der Waals surface area contributed by atoms with Gasteiger partial charge in [-0.25, -0.2) is 4.39 Å². The summed E-state index contributed by atoms with van der Waals surface area (Å²) in [4.78, 5) is 2.31. The van der Waals surface area contributed by atoms with E-state index < -0.39 is 0 Å². The number of hydrogen-bond donors (Lipinski definition) is 2. The fraction of sp³-hybridized carbons (Fsp3) is 0.571. The highest BCUT2D eigenvalue weighted by Gasteiger charge is 2.34. The molecule has 1 aromatic carbocycles. The number of hydrogen-bond acceptors (Lipinski definition) is 3. The third-order valence-corrected chi connectivity index (χ3v) is 3.63. The molecule has 0 aliphatic heterocycles. The van der Waals surface area contributed by atoms with Gasteiger partial charge >= 0.3 is 0 Å². The van der Waals surface area contributed by atoms with Crippen LogP contribution in [0.3, 0.4) is 0 Å². The fourth-order valence-electron chi connectivity index (χ4n) is 2.62. The van der Waals surface area contributed by atoms with E-state index in [0.717, 1.165) is 18.7 Å². The average molecular weight is 253 g/mol. The molecule has 0 bridgehead atoms. The molecule has 0 amide bonds. The molecule has 0 spiro atoms. The molecular formula is C14H24FN3. The van der Waals surface area contributed by atoms with Crippen LogP contribution in [0.25, 0.3) is 0 Å². The van der Waals surface area contributed by atoms with Crippen LogP contribution in [-0.2, 0) is 0 Å². The van der Waals surface area contributed by atoms with Crippen LogP contribution < -0.4 is 11.3 Å². The SMILES string of the molecule is CCN(CC)C(C)(C)C(NN)c1cccc(F)c1. The lowest BCUT2D eigenvalue weighted by Crippen LogP contribution is -2.54. The number of nitrogens with two attached hydrogens (primary N) is 1. The van der Waals surface area contributed by atoms with Gasteiger partial charge < -0.3 is 0 Å². The van der Waals surface area contributed by atoms with Gasteiger partial charge in [0.1, 0.15) is 5.82 Å². The molecular weight excluding hydrogens is 229 g/mol. The second-order valence-corrected chi connectivity index (χ2v) is 4.98.